The van der Waals surface area contributed by atoms with E-state index in [4.69, 9.17) is 4.52 Å². The zero-order valence-electron chi connectivity index (χ0n) is 16.0. The third kappa shape index (κ3) is 3.25. The molecule has 1 aliphatic carbocycles. The first-order valence-corrected chi connectivity index (χ1v) is 10.1. The number of hydrogen-bond donors (Lipinski definition) is 0. The fraction of sp³-hybridized carbons (Fsp3) is 0.476. The van der Waals surface area contributed by atoms with Crippen molar-refractivity contribution in [3.63, 3.8) is 0 Å². The maximum atomic E-state index is 13.3. The predicted molar refractivity (Wildman–Crippen MR) is 103 cm³/mol. The molecule has 0 spiro atoms. The summed E-state index contributed by atoms with van der Waals surface area (Å²) >= 11 is 0. The maximum Gasteiger partial charge on any atom is 0.261 e. The summed E-state index contributed by atoms with van der Waals surface area (Å²) in [7, 11) is 0. The van der Waals surface area contributed by atoms with Crippen LogP contribution in [-0.2, 0) is 25.9 Å². The van der Waals surface area contributed by atoms with Crippen molar-refractivity contribution < 1.29 is 13.3 Å². The van der Waals surface area contributed by atoms with Crippen molar-refractivity contribution in [3.05, 3.63) is 57.5 Å². The Bertz CT molecular complexity index is 1110. The number of rotatable bonds is 5. The number of benzene rings is 1. The van der Waals surface area contributed by atoms with Crippen LogP contribution in [0.15, 0.2) is 33.6 Å². The molecule has 6 nitrogen and oxygen atoms in total. The number of likely N-dealkylation sites (tertiary alicyclic amines) is 1. The molecule has 29 heavy (non-hydrogen) atoms. The molecule has 5 rings (SSSR count). The Hall–Kier alpha value is -2.61. The third-order valence-electron chi connectivity index (χ3n) is 6.01. The summed E-state index contributed by atoms with van der Waals surface area (Å²) in [5.41, 5.74) is 2.26. The van der Waals surface area contributed by atoms with Crippen LogP contribution in [0.4, 0.5) is 8.78 Å². The van der Waals surface area contributed by atoms with Gasteiger partial charge in [-0.05, 0) is 44.4 Å². The lowest BCUT2D eigenvalue weighted by molar-refractivity contribution is 0.120. The lowest BCUT2D eigenvalue weighted by Gasteiger charge is -2.26. The number of aromatic nitrogens is 3. The van der Waals surface area contributed by atoms with Gasteiger partial charge in [-0.3, -0.25) is 14.3 Å². The molecule has 1 aliphatic heterocycles. The molecule has 3 aromatic rings. The van der Waals surface area contributed by atoms with Crippen molar-refractivity contribution in [3.8, 4) is 0 Å². The molecule has 0 N–H and O–H groups in total. The molecule has 0 saturated carbocycles. The second-order valence-electron chi connectivity index (χ2n) is 7.81. The number of alkyl halides is 2. The van der Waals surface area contributed by atoms with E-state index in [0.717, 1.165) is 50.1 Å². The minimum atomic E-state index is -2.62. The van der Waals surface area contributed by atoms with Crippen LogP contribution in [0, 0.1) is 0 Å². The largest absolute Gasteiger partial charge is 0.361 e. The number of fused-ring (bicyclic) bond motifs is 2. The van der Waals surface area contributed by atoms with Crippen LogP contribution in [0.5, 0.6) is 0 Å². The van der Waals surface area contributed by atoms with E-state index in [0.29, 0.717) is 23.3 Å². The van der Waals surface area contributed by atoms with E-state index < -0.39 is 18.5 Å². The molecule has 8 heteroatoms. The molecular formula is C21H22F2N4O2. The molecule has 1 unspecified atom stereocenters. The van der Waals surface area contributed by atoms with Gasteiger partial charge in [-0.1, -0.05) is 17.3 Å². The highest BCUT2D eigenvalue weighted by Crippen LogP contribution is 2.34. The first kappa shape index (κ1) is 18.4. The second-order valence-corrected chi connectivity index (χ2v) is 7.81. The highest BCUT2D eigenvalue weighted by molar-refractivity contribution is 5.77. The Morgan fingerprint density at radius 3 is 2.93 bits per heavy atom. The quantitative estimate of drug-likeness (QED) is 0.656. The molecule has 0 bridgehead atoms. The van der Waals surface area contributed by atoms with Crippen molar-refractivity contribution >= 4 is 10.9 Å². The highest BCUT2D eigenvalue weighted by atomic mass is 19.3. The van der Waals surface area contributed by atoms with Gasteiger partial charge in [0.05, 0.1) is 23.5 Å². The van der Waals surface area contributed by atoms with Crippen LogP contribution in [0.2, 0.25) is 0 Å². The topological polar surface area (TPSA) is 64.2 Å². The number of para-hydroxylation sites is 1. The summed E-state index contributed by atoms with van der Waals surface area (Å²) in [6.07, 6.45) is 2.04. The number of halogens is 2. The molecule has 1 saturated heterocycles. The molecule has 1 atom stereocenters. The fourth-order valence-electron chi connectivity index (χ4n) is 4.67. The van der Waals surface area contributed by atoms with Crippen molar-refractivity contribution in [2.24, 2.45) is 0 Å². The van der Waals surface area contributed by atoms with Crippen molar-refractivity contribution in [1.82, 2.24) is 19.6 Å². The third-order valence-corrected chi connectivity index (χ3v) is 6.01. The molecule has 3 heterocycles. The summed E-state index contributed by atoms with van der Waals surface area (Å²) in [5, 5.41) is 4.61. The zero-order valence-corrected chi connectivity index (χ0v) is 16.0. The van der Waals surface area contributed by atoms with E-state index in [2.05, 4.69) is 15.0 Å². The smallest absolute Gasteiger partial charge is 0.261 e. The van der Waals surface area contributed by atoms with Gasteiger partial charge in [0.1, 0.15) is 17.3 Å². The van der Waals surface area contributed by atoms with Crippen LogP contribution in [-0.4, -0.2) is 32.6 Å². The van der Waals surface area contributed by atoms with Crippen LogP contribution in [0.25, 0.3) is 10.9 Å². The van der Waals surface area contributed by atoms with Crippen molar-refractivity contribution in [1.29, 1.82) is 0 Å². The van der Waals surface area contributed by atoms with Crippen LogP contribution >= 0.6 is 0 Å². The highest BCUT2D eigenvalue weighted by Gasteiger charge is 2.33. The minimum absolute atomic E-state index is 0.195. The standard InChI is InChI=1S/C21H22F2N4O2/c22-19(23)12-27-20(24-15-7-2-1-5-14(15)21(27)28)17-8-4-10-26(17)11-16-13-6-3-9-18(13)29-25-16/h1-2,5,7,17,19H,3-4,6,8-12H2. The van der Waals surface area contributed by atoms with Crippen LogP contribution in [0.1, 0.15) is 48.1 Å². The first-order chi connectivity index (χ1) is 14.1. The van der Waals surface area contributed by atoms with Gasteiger partial charge in [-0.15, -0.1) is 0 Å². The lowest BCUT2D eigenvalue weighted by Crippen LogP contribution is -2.33. The molecule has 0 radical (unpaired) electrons. The molecule has 2 aromatic heterocycles. The van der Waals surface area contributed by atoms with E-state index in [1.807, 2.05) is 0 Å². The Morgan fingerprint density at radius 1 is 1.21 bits per heavy atom. The average Bonchev–Trinajstić information content (AvgIpc) is 3.43. The average molecular weight is 400 g/mol. The lowest BCUT2D eigenvalue weighted by atomic mass is 10.1. The Labute approximate surface area is 166 Å². The Kier molecular flexibility index (Phi) is 4.66. The summed E-state index contributed by atoms with van der Waals surface area (Å²) in [6, 6.07) is 6.74. The van der Waals surface area contributed by atoms with E-state index in [1.54, 1.807) is 24.3 Å². The predicted octanol–water partition coefficient (Wildman–Crippen LogP) is 3.48. The Morgan fingerprint density at radius 2 is 2.07 bits per heavy atom. The van der Waals surface area contributed by atoms with E-state index in [1.165, 1.54) is 10.1 Å². The van der Waals surface area contributed by atoms with Crippen LogP contribution in [0.3, 0.4) is 0 Å². The monoisotopic (exact) mass is 400 g/mol. The van der Waals surface area contributed by atoms with Gasteiger partial charge in [0.2, 0.25) is 0 Å². The summed E-state index contributed by atoms with van der Waals surface area (Å²) < 4.78 is 33.2. The molecule has 1 fully saturated rings. The molecular weight excluding hydrogens is 378 g/mol. The van der Waals surface area contributed by atoms with Gasteiger partial charge >= 0.3 is 0 Å². The number of nitrogens with zero attached hydrogens (tertiary/aromatic N) is 4. The molecule has 0 amide bonds. The van der Waals surface area contributed by atoms with Gasteiger partial charge < -0.3 is 4.52 Å². The van der Waals surface area contributed by atoms with Crippen molar-refractivity contribution in [2.45, 2.75) is 57.7 Å². The van der Waals surface area contributed by atoms with Gasteiger partial charge in [0.15, 0.2) is 0 Å². The van der Waals surface area contributed by atoms with Gasteiger partial charge in [-0.2, -0.15) is 0 Å². The number of hydrogen-bond acceptors (Lipinski definition) is 5. The van der Waals surface area contributed by atoms with Crippen LogP contribution < -0.4 is 5.56 Å². The molecule has 1 aromatic carbocycles. The summed E-state index contributed by atoms with van der Waals surface area (Å²) in [6.45, 7) is 0.750. The fourth-order valence-corrected chi connectivity index (χ4v) is 4.67. The SMILES string of the molecule is O=c1c2ccccc2nc(C2CCCN2Cc2noc3c2CCC3)n1CC(F)F. The summed E-state index contributed by atoms with van der Waals surface area (Å²) in [5.74, 6) is 1.39. The Balaban J connectivity index is 1.55. The van der Waals surface area contributed by atoms with E-state index in [-0.39, 0.29) is 6.04 Å². The van der Waals surface area contributed by atoms with E-state index in [9.17, 15) is 13.6 Å². The first-order valence-electron chi connectivity index (χ1n) is 10.1. The molecule has 152 valence electrons. The second kappa shape index (κ2) is 7.33. The van der Waals surface area contributed by atoms with Crippen molar-refractivity contribution in [2.75, 3.05) is 6.54 Å². The van der Waals surface area contributed by atoms with Gasteiger partial charge in [0.25, 0.3) is 12.0 Å². The normalized spacial score (nSPS) is 19.5. The summed E-state index contributed by atoms with van der Waals surface area (Å²) in [4.78, 5) is 19.8. The molecule has 2 aliphatic rings. The van der Waals surface area contributed by atoms with Gasteiger partial charge in [0, 0.05) is 18.5 Å². The number of aryl methyl sites for hydroxylation is 1. The maximum absolute atomic E-state index is 13.3. The minimum Gasteiger partial charge on any atom is -0.361 e. The van der Waals surface area contributed by atoms with E-state index >= 15 is 0 Å². The zero-order chi connectivity index (χ0) is 20.0. The van der Waals surface area contributed by atoms with Gasteiger partial charge in [-0.25, -0.2) is 13.8 Å².